The average molecular weight is 477 g/mol. The van der Waals surface area contributed by atoms with Gasteiger partial charge in [0.15, 0.2) is 4.77 Å². The smallest absolute Gasteiger partial charge is 0.182 e. The minimum absolute atomic E-state index is 0.0936. The largest absolute Gasteiger partial charge is 0.383 e. The molecule has 10 heteroatoms. The van der Waals surface area contributed by atoms with Gasteiger partial charge >= 0.3 is 0 Å². The maximum absolute atomic E-state index is 13.3. The van der Waals surface area contributed by atoms with E-state index < -0.39 is 0 Å². The molecular formula is C23H33FN6O2S. The van der Waals surface area contributed by atoms with E-state index in [2.05, 4.69) is 15.9 Å². The summed E-state index contributed by atoms with van der Waals surface area (Å²) in [5.74, 6) is 0.382. The molecule has 0 unspecified atom stereocenters. The van der Waals surface area contributed by atoms with E-state index in [0.29, 0.717) is 43.4 Å². The predicted molar refractivity (Wildman–Crippen MR) is 128 cm³/mol. The van der Waals surface area contributed by atoms with Gasteiger partial charge in [0.1, 0.15) is 28.8 Å². The molecule has 0 saturated heterocycles. The van der Waals surface area contributed by atoms with Crippen molar-refractivity contribution >= 4 is 18.0 Å². The fourth-order valence-corrected chi connectivity index (χ4v) is 3.85. The third-order valence-corrected chi connectivity index (χ3v) is 6.05. The predicted octanol–water partition coefficient (Wildman–Crippen LogP) is 2.57. The van der Waals surface area contributed by atoms with Gasteiger partial charge in [-0.3, -0.25) is 10.3 Å². The van der Waals surface area contributed by atoms with E-state index in [-0.39, 0.29) is 16.9 Å². The van der Waals surface area contributed by atoms with Gasteiger partial charge in [-0.2, -0.15) is 5.26 Å². The van der Waals surface area contributed by atoms with Crippen molar-refractivity contribution in [3.05, 3.63) is 51.5 Å². The van der Waals surface area contributed by atoms with Gasteiger partial charge in [-0.15, -0.1) is 0 Å². The quantitative estimate of drug-likeness (QED) is 0.448. The molecule has 0 amide bonds. The van der Waals surface area contributed by atoms with Crippen LogP contribution in [0.4, 0.5) is 10.2 Å². The van der Waals surface area contributed by atoms with Crippen LogP contribution in [0.15, 0.2) is 24.3 Å². The summed E-state index contributed by atoms with van der Waals surface area (Å²) in [6.45, 7) is 4.52. The summed E-state index contributed by atoms with van der Waals surface area (Å²) in [6.07, 6.45) is 0.806. The molecule has 1 aromatic heterocycles. The van der Waals surface area contributed by atoms with Crippen LogP contribution < -0.4 is 10.4 Å². The first-order valence-electron chi connectivity index (χ1n) is 10.8. The molecule has 180 valence electrons. The SMILES string of the molecule is COCCN(CCCN(CCOC)c1c(C#N)c(=N)n(C)c(=S)n1C)Cc1ccc(F)cc1. The lowest BCUT2D eigenvalue weighted by molar-refractivity contribution is 0.143. The number of halogens is 1. The Hall–Kier alpha value is -2.58. The molecular weight excluding hydrogens is 443 g/mol. The maximum atomic E-state index is 13.3. The second-order valence-electron chi connectivity index (χ2n) is 7.79. The van der Waals surface area contributed by atoms with Gasteiger partial charge < -0.3 is 23.5 Å². The van der Waals surface area contributed by atoms with Gasteiger partial charge in [0.2, 0.25) is 0 Å². The number of nitrogens with one attached hydrogen (secondary N) is 1. The van der Waals surface area contributed by atoms with E-state index in [9.17, 15) is 9.65 Å². The number of rotatable bonds is 13. The van der Waals surface area contributed by atoms with Crippen molar-refractivity contribution in [2.24, 2.45) is 14.1 Å². The molecule has 0 aliphatic carbocycles. The molecule has 33 heavy (non-hydrogen) atoms. The minimum Gasteiger partial charge on any atom is -0.383 e. The van der Waals surface area contributed by atoms with Crippen molar-refractivity contribution in [3.63, 3.8) is 0 Å². The number of hydrogen-bond acceptors (Lipinski definition) is 7. The molecule has 1 heterocycles. The molecule has 2 rings (SSSR count). The van der Waals surface area contributed by atoms with Crippen LogP contribution in [0.5, 0.6) is 0 Å². The summed E-state index contributed by atoms with van der Waals surface area (Å²) in [5, 5.41) is 18.1. The van der Waals surface area contributed by atoms with E-state index >= 15 is 0 Å². The molecule has 0 atom stereocenters. The fourth-order valence-electron chi connectivity index (χ4n) is 3.67. The number of aromatic nitrogens is 2. The van der Waals surface area contributed by atoms with Crippen LogP contribution >= 0.6 is 12.2 Å². The van der Waals surface area contributed by atoms with Crippen molar-refractivity contribution in [2.75, 3.05) is 58.5 Å². The zero-order valence-electron chi connectivity index (χ0n) is 19.8. The number of nitriles is 1. The second-order valence-corrected chi connectivity index (χ2v) is 8.15. The Balaban J connectivity index is 2.21. The molecule has 0 aliphatic heterocycles. The standard InChI is InChI=1S/C23H33FN6O2S/c1-27-21(26)20(16-25)22(28(2)23(27)33)30(13-15-32-4)11-5-10-29(12-14-31-3)17-18-6-8-19(24)9-7-18/h6-9,26H,5,10-15,17H2,1-4H3. The summed E-state index contributed by atoms with van der Waals surface area (Å²) >= 11 is 5.48. The third-order valence-electron chi connectivity index (χ3n) is 5.50. The second kappa shape index (κ2) is 13.2. The van der Waals surface area contributed by atoms with E-state index in [1.807, 2.05) is 7.05 Å². The summed E-state index contributed by atoms with van der Waals surface area (Å²) in [6, 6.07) is 8.71. The van der Waals surface area contributed by atoms with Gasteiger partial charge in [0.25, 0.3) is 0 Å². The normalized spacial score (nSPS) is 11.1. The highest BCUT2D eigenvalue weighted by atomic mass is 32.1. The highest BCUT2D eigenvalue weighted by molar-refractivity contribution is 7.71. The van der Waals surface area contributed by atoms with Crippen molar-refractivity contribution in [1.82, 2.24) is 14.0 Å². The number of nitrogens with zero attached hydrogens (tertiary/aromatic N) is 5. The van der Waals surface area contributed by atoms with Crippen LogP contribution in [0.3, 0.4) is 0 Å². The van der Waals surface area contributed by atoms with Crippen molar-refractivity contribution in [2.45, 2.75) is 13.0 Å². The summed E-state index contributed by atoms with van der Waals surface area (Å²) < 4.78 is 27.6. The first-order chi connectivity index (χ1) is 15.8. The molecule has 0 spiro atoms. The Labute approximate surface area is 199 Å². The van der Waals surface area contributed by atoms with E-state index in [0.717, 1.165) is 25.1 Å². The maximum Gasteiger partial charge on any atom is 0.182 e. The highest BCUT2D eigenvalue weighted by Crippen LogP contribution is 2.18. The zero-order valence-corrected chi connectivity index (χ0v) is 20.6. The third kappa shape index (κ3) is 7.20. The summed E-state index contributed by atoms with van der Waals surface area (Å²) in [4.78, 5) is 4.32. The van der Waals surface area contributed by atoms with Gasteiger partial charge in [-0.25, -0.2) is 4.39 Å². The topological polar surface area (TPSA) is 82.4 Å². The van der Waals surface area contributed by atoms with E-state index in [1.54, 1.807) is 38.0 Å². The van der Waals surface area contributed by atoms with Crippen molar-refractivity contribution in [1.29, 1.82) is 10.7 Å². The first kappa shape index (κ1) is 26.7. The monoisotopic (exact) mass is 476 g/mol. The Morgan fingerprint density at radius 3 is 2.27 bits per heavy atom. The molecule has 1 aromatic carbocycles. The Morgan fingerprint density at radius 1 is 1.03 bits per heavy atom. The van der Waals surface area contributed by atoms with Gasteiger partial charge in [-0.1, -0.05) is 12.1 Å². The number of methoxy groups -OCH3 is 2. The summed E-state index contributed by atoms with van der Waals surface area (Å²) in [7, 11) is 6.82. The first-order valence-corrected chi connectivity index (χ1v) is 11.2. The molecule has 2 aromatic rings. The van der Waals surface area contributed by atoms with Gasteiger partial charge in [0.05, 0.1) is 13.2 Å². The van der Waals surface area contributed by atoms with Crippen LogP contribution in [-0.4, -0.2) is 67.6 Å². The summed E-state index contributed by atoms with van der Waals surface area (Å²) in [5.41, 5.74) is 1.41. The van der Waals surface area contributed by atoms with E-state index in [4.69, 9.17) is 27.1 Å². The van der Waals surface area contributed by atoms with Crippen LogP contribution in [0.25, 0.3) is 0 Å². The molecule has 0 aliphatic rings. The molecule has 8 nitrogen and oxygen atoms in total. The minimum atomic E-state index is -0.247. The zero-order chi connectivity index (χ0) is 24.4. The number of hydrogen-bond donors (Lipinski definition) is 1. The Kier molecular flexibility index (Phi) is 10.7. The molecule has 0 saturated carbocycles. The number of benzene rings is 1. The lowest BCUT2D eigenvalue weighted by Gasteiger charge is -2.29. The van der Waals surface area contributed by atoms with Crippen LogP contribution in [0.2, 0.25) is 0 Å². The fraction of sp³-hybridized carbons (Fsp3) is 0.522. The molecule has 0 fully saturated rings. The van der Waals surface area contributed by atoms with Crippen LogP contribution in [0, 0.1) is 27.3 Å². The average Bonchev–Trinajstić information content (AvgIpc) is 2.82. The van der Waals surface area contributed by atoms with Crippen molar-refractivity contribution in [3.8, 4) is 6.07 Å². The lowest BCUT2D eigenvalue weighted by atomic mass is 10.2. The van der Waals surface area contributed by atoms with E-state index in [1.165, 1.54) is 16.7 Å². The molecule has 1 N–H and O–H groups in total. The van der Waals surface area contributed by atoms with Gasteiger partial charge in [-0.05, 0) is 36.3 Å². The number of anilines is 1. The van der Waals surface area contributed by atoms with Crippen LogP contribution in [0.1, 0.15) is 17.5 Å². The lowest BCUT2D eigenvalue weighted by Crippen LogP contribution is -2.37. The Bertz CT molecular complexity index is 1060. The Morgan fingerprint density at radius 2 is 1.67 bits per heavy atom. The van der Waals surface area contributed by atoms with Gasteiger partial charge in [0, 0.05) is 61.0 Å². The van der Waals surface area contributed by atoms with Crippen LogP contribution in [-0.2, 0) is 30.1 Å². The highest BCUT2D eigenvalue weighted by Gasteiger charge is 2.19. The number of ether oxygens (including phenoxy) is 2. The molecule has 0 bridgehead atoms. The molecule has 0 radical (unpaired) electrons. The van der Waals surface area contributed by atoms with Crippen molar-refractivity contribution < 1.29 is 13.9 Å².